The molecule has 3 heteroatoms. The van der Waals surface area contributed by atoms with Crippen LogP contribution in [-0.2, 0) is 6.42 Å². The van der Waals surface area contributed by atoms with Crippen molar-refractivity contribution in [3.05, 3.63) is 41.6 Å². The second-order valence-corrected chi connectivity index (χ2v) is 5.33. The molecule has 94 valence electrons. The van der Waals surface area contributed by atoms with Gasteiger partial charge >= 0.3 is 0 Å². The number of hydrogen-bond donors (Lipinski definition) is 0. The van der Waals surface area contributed by atoms with Crippen LogP contribution in [0.4, 0.5) is 0 Å². The lowest BCUT2D eigenvalue weighted by molar-refractivity contribution is 0.222. The first-order valence-corrected chi connectivity index (χ1v) is 6.43. The maximum atomic E-state index is 4.86. The topological polar surface area (TPSA) is 16.1 Å². The van der Waals surface area contributed by atoms with Gasteiger partial charge in [0.1, 0.15) is 0 Å². The van der Waals surface area contributed by atoms with E-state index in [-0.39, 0.29) is 12.4 Å². The van der Waals surface area contributed by atoms with E-state index in [1.165, 1.54) is 29.5 Å². The van der Waals surface area contributed by atoms with Gasteiger partial charge < -0.3 is 0 Å². The first-order chi connectivity index (χ1) is 8.33. The zero-order valence-electron chi connectivity index (χ0n) is 10.5. The normalized spacial score (nSPS) is 25.8. The molecule has 2 aliphatic rings. The van der Waals surface area contributed by atoms with Gasteiger partial charge in [-0.3, -0.25) is 9.88 Å². The molecular formula is C15H17ClN2. The molecule has 2 bridgehead atoms. The van der Waals surface area contributed by atoms with E-state index in [0.29, 0.717) is 6.04 Å². The van der Waals surface area contributed by atoms with Crippen molar-refractivity contribution < 1.29 is 0 Å². The van der Waals surface area contributed by atoms with Crippen LogP contribution in [0.25, 0.3) is 10.9 Å². The van der Waals surface area contributed by atoms with E-state index in [4.69, 9.17) is 4.98 Å². The predicted octanol–water partition coefficient (Wildman–Crippen LogP) is 3.35. The molecule has 0 N–H and O–H groups in total. The first kappa shape index (κ1) is 11.9. The standard InChI is InChI=1S/C15H16N2.ClH/c1-17-11-6-7-15(17)12-8-10-4-2-3-5-13(10)16-14(12)9-11;/h2-5,8,11,15H,6-7,9H2,1H3;1H. The molecule has 2 unspecified atom stereocenters. The van der Waals surface area contributed by atoms with Crippen molar-refractivity contribution in [2.75, 3.05) is 7.05 Å². The summed E-state index contributed by atoms with van der Waals surface area (Å²) in [5, 5.41) is 1.28. The molecular weight excluding hydrogens is 244 g/mol. The maximum Gasteiger partial charge on any atom is 0.0705 e. The van der Waals surface area contributed by atoms with Gasteiger partial charge in [-0.15, -0.1) is 12.4 Å². The first-order valence-electron chi connectivity index (χ1n) is 6.43. The number of hydrogen-bond acceptors (Lipinski definition) is 2. The summed E-state index contributed by atoms with van der Waals surface area (Å²) < 4.78 is 0. The molecule has 0 aliphatic carbocycles. The highest BCUT2D eigenvalue weighted by Crippen LogP contribution is 2.42. The number of halogens is 1. The Balaban J connectivity index is 0.000001000. The van der Waals surface area contributed by atoms with Crippen molar-refractivity contribution in [1.29, 1.82) is 0 Å². The molecule has 2 nitrogen and oxygen atoms in total. The molecule has 1 aromatic heterocycles. The monoisotopic (exact) mass is 260 g/mol. The van der Waals surface area contributed by atoms with Crippen LogP contribution in [0.15, 0.2) is 30.3 Å². The number of benzene rings is 1. The van der Waals surface area contributed by atoms with E-state index < -0.39 is 0 Å². The SMILES string of the molecule is CN1C2CCC1c1cc3ccccc3nc1C2.Cl. The smallest absolute Gasteiger partial charge is 0.0705 e. The van der Waals surface area contributed by atoms with Gasteiger partial charge in [-0.25, -0.2) is 0 Å². The maximum absolute atomic E-state index is 4.86. The zero-order chi connectivity index (χ0) is 11.4. The highest BCUT2D eigenvalue weighted by molar-refractivity contribution is 5.85. The average molecular weight is 261 g/mol. The third-order valence-corrected chi connectivity index (χ3v) is 4.47. The Morgan fingerprint density at radius 3 is 2.94 bits per heavy atom. The molecule has 1 aromatic carbocycles. The minimum Gasteiger partial charge on any atom is -0.296 e. The summed E-state index contributed by atoms with van der Waals surface area (Å²) in [6.07, 6.45) is 3.76. The van der Waals surface area contributed by atoms with Gasteiger partial charge in [0.05, 0.1) is 5.52 Å². The second-order valence-electron chi connectivity index (χ2n) is 5.33. The average Bonchev–Trinajstić information content (AvgIpc) is 2.60. The molecule has 1 fully saturated rings. The molecule has 1 saturated heterocycles. The van der Waals surface area contributed by atoms with Crippen molar-refractivity contribution >= 4 is 23.3 Å². The summed E-state index contributed by atoms with van der Waals surface area (Å²) in [6, 6.07) is 12.2. The molecule has 0 spiro atoms. The van der Waals surface area contributed by atoms with Crippen LogP contribution in [-0.4, -0.2) is 23.0 Å². The summed E-state index contributed by atoms with van der Waals surface area (Å²) in [5.74, 6) is 0. The molecule has 18 heavy (non-hydrogen) atoms. The number of nitrogens with zero attached hydrogens (tertiary/aromatic N) is 2. The van der Waals surface area contributed by atoms with E-state index >= 15 is 0 Å². The van der Waals surface area contributed by atoms with E-state index in [0.717, 1.165) is 18.0 Å². The minimum absolute atomic E-state index is 0. The summed E-state index contributed by atoms with van der Waals surface area (Å²) in [5.41, 5.74) is 3.96. The number of para-hydroxylation sites is 1. The Bertz CT molecular complexity index is 596. The predicted molar refractivity (Wildman–Crippen MR) is 76.2 cm³/mol. The zero-order valence-corrected chi connectivity index (χ0v) is 11.3. The van der Waals surface area contributed by atoms with E-state index in [1.807, 2.05) is 0 Å². The van der Waals surface area contributed by atoms with Gasteiger partial charge in [0.15, 0.2) is 0 Å². The Kier molecular flexibility index (Phi) is 2.80. The van der Waals surface area contributed by atoms with E-state index in [9.17, 15) is 0 Å². The largest absolute Gasteiger partial charge is 0.296 e. The Morgan fingerprint density at radius 1 is 1.22 bits per heavy atom. The number of fused-ring (bicyclic) bond motifs is 5. The van der Waals surface area contributed by atoms with Crippen molar-refractivity contribution in [1.82, 2.24) is 9.88 Å². The highest BCUT2D eigenvalue weighted by Gasteiger charge is 2.38. The van der Waals surface area contributed by atoms with Crippen LogP contribution in [0.1, 0.15) is 30.1 Å². The summed E-state index contributed by atoms with van der Waals surface area (Å²) in [4.78, 5) is 7.40. The Morgan fingerprint density at radius 2 is 2.06 bits per heavy atom. The van der Waals surface area contributed by atoms with E-state index in [2.05, 4.69) is 42.3 Å². The number of aromatic nitrogens is 1. The number of likely N-dealkylation sites (N-methyl/N-ethyl adjacent to an activating group) is 1. The fourth-order valence-electron chi connectivity index (χ4n) is 3.48. The fourth-order valence-corrected chi connectivity index (χ4v) is 3.48. The molecule has 0 saturated carbocycles. The third kappa shape index (κ3) is 1.56. The van der Waals surface area contributed by atoms with Gasteiger partial charge in [-0.2, -0.15) is 0 Å². The van der Waals surface area contributed by atoms with Gasteiger partial charge in [0, 0.05) is 29.6 Å². The second kappa shape index (κ2) is 4.22. The Labute approximate surface area is 113 Å². The van der Waals surface area contributed by atoms with Crippen molar-refractivity contribution in [2.24, 2.45) is 0 Å². The summed E-state index contributed by atoms with van der Waals surface area (Å²) >= 11 is 0. The van der Waals surface area contributed by atoms with Crippen LogP contribution >= 0.6 is 12.4 Å². The highest BCUT2D eigenvalue weighted by atomic mass is 35.5. The summed E-state index contributed by atoms with van der Waals surface area (Å²) in [6.45, 7) is 0. The quantitative estimate of drug-likeness (QED) is 0.722. The van der Waals surface area contributed by atoms with E-state index in [1.54, 1.807) is 0 Å². The Hall–Kier alpha value is -1.12. The van der Waals surface area contributed by atoms with Crippen LogP contribution in [0.5, 0.6) is 0 Å². The molecule has 0 radical (unpaired) electrons. The molecule has 0 amide bonds. The molecule has 2 aliphatic heterocycles. The lowest BCUT2D eigenvalue weighted by Gasteiger charge is -2.32. The van der Waals surface area contributed by atoms with Crippen LogP contribution in [0, 0.1) is 0 Å². The van der Waals surface area contributed by atoms with Crippen LogP contribution < -0.4 is 0 Å². The molecule has 2 aromatic rings. The molecule has 2 atom stereocenters. The van der Waals surface area contributed by atoms with Crippen molar-refractivity contribution in [3.8, 4) is 0 Å². The molecule has 4 rings (SSSR count). The third-order valence-electron chi connectivity index (χ3n) is 4.47. The van der Waals surface area contributed by atoms with Gasteiger partial charge in [-0.1, -0.05) is 18.2 Å². The molecule has 3 heterocycles. The minimum atomic E-state index is 0. The van der Waals surface area contributed by atoms with Crippen molar-refractivity contribution in [2.45, 2.75) is 31.3 Å². The lowest BCUT2D eigenvalue weighted by Crippen LogP contribution is -2.34. The van der Waals surface area contributed by atoms with Crippen molar-refractivity contribution in [3.63, 3.8) is 0 Å². The fraction of sp³-hybridized carbons (Fsp3) is 0.400. The van der Waals surface area contributed by atoms with Gasteiger partial charge in [-0.05, 0) is 37.6 Å². The van der Waals surface area contributed by atoms with Crippen LogP contribution in [0.2, 0.25) is 0 Å². The van der Waals surface area contributed by atoms with Crippen LogP contribution in [0.3, 0.4) is 0 Å². The van der Waals surface area contributed by atoms with Gasteiger partial charge in [0.2, 0.25) is 0 Å². The summed E-state index contributed by atoms with van der Waals surface area (Å²) in [7, 11) is 2.26. The van der Waals surface area contributed by atoms with Gasteiger partial charge in [0.25, 0.3) is 0 Å². The number of pyridine rings is 1. The number of rotatable bonds is 0. The lowest BCUT2D eigenvalue weighted by atomic mass is 9.97.